The van der Waals surface area contributed by atoms with E-state index in [-0.39, 0.29) is 6.04 Å². The van der Waals surface area contributed by atoms with Gasteiger partial charge in [-0.15, -0.1) is 0 Å². The summed E-state index contributed by atoms with van der Waals surface area (Å²) in [7, 11) is 0. The summed E-state index contributed by atoms with van der Waals surface area (Å²) in [6, 6.07) is 18.1. The van der Waals surface area contributed by atoms with Gasteiger partial charge in [0.25, 0.3) is 0 Å². The highest BCUT2D eigenvalue weighted by molar-refractivity contribution is 6.36. The zero-order valence-corrected chi connectivity index (χ0v) is 23.6. The van der Waals surface area contributed by atoms with Crippen molar-refractivity contribution in [3.8, 4) is 6.07 Å². The highest BCUT2D eigenvalue weighted by atomic mass is 35.5. The number of anilines is 3. The molecule has 2 aliphatic rings. The molecule has 3 aromatic carbocycles. The van der Waals surface area contributed by atoms with Crippen LogP contribution in [0.3, 0.4) is 0 Å². The van der Waals surface area contributed by atoms with Gasteiger partial charge in [-0.05, 0) is 60.0 Å². The third kappa shape index (κ3) is 4.89. The van der Waals surface area contributed by atoms with Gasteiger partial charge in [-0.25, -0.2) is 0 Å². The Morgan fingerprint density at radius 3 is 2.70 bits per heavy atom. The van der Waals surface area contributed by atoms with Crippen molar-refractivity contribution in [2.24, 2.45) is 0 Å². The maximum Gasteiger partial charge on any atom is 0.103 e. The molecule has 10 heteroatoms. The topological polar surface area (TPSA) is 100 Å². The average molecular weight is 572 g/mol. The number of benzene rings is 3. The summed E-state index contributed by atoms with van der Waals surface area (Å²) in [6.45, 7) is 6.97. The van der Waals surface area contributed by atoms with Crippen molar-refractivity contribution in [3.63, 3.8) is 0 Å². The van der Waals surface area contributed by atoms with Crippen molar-refractivity contribution in [2.75, 3.05) is 17.2 Å². The van der Waals surface area contributed by atoms with Crippen molar-refractivity contribution >= 4 is 51.2 Å². The monoisotopic (exact) mass is 570 g/mol. The maximum atomic E-state index is 9.92. The predicted octanol–water partition coefficient (Wildman–Crippen LogP) is 6.41. The summed E-state index contributed by atoms with van der Waals surface area (Å²) >= 11 is 13.2. The van der Waals surface area contributed by atoms with Crippen LogP contribution in [0.1, 0.15) is 40.8 Å². The number of halogens is 2. The molecule has 0 radical (unpaired) electrons. The molecule has 0 amide bonds. The second-order valence-electron chi connectivity index (χ2n) is 9.96. The van der Waals surface area contributed by atoms with Crippen LogP contribution in [0.4, 0.5) is 17.1 Å². The smallest absolute Gasteiger partial charge is 0.103 e. The molecule has 4 aromatic rings. The van der Waals surface area contributed by atoms with E-state index < -0.39 is 0 Å². The zero-order valence-electron chi connectivity index (χ0n) is 22.1. The van der Waals surface area contributed by atoms with Gasteiger partial charge in [0.05, 0.1) is 33.5 Å². The number of aryl methyl sites for hydroxylation is 1. The number of nitrogens with one attached hydrogen (secondary N) is 5. The molecule has 2 aliphatic heterocycles. The lowest BCUT2D eigenvalue weighted by Gasteiger charge is -2.24. The summed E-state index contributed by atoms with van der Waals surface area (Å²) in [5, 5.41) is 18.9. The molecule has 6 rings (SSSR count). The summed E-state index contributed by atoms with van der Waals surface area (Å²) in [5.74, 6) is 0. The number of hydrogen-bond donors (Lipinski definition) is 5. The fourth-order valence-electron chi connectivity index (χ4n) is 5.29. The van der Waals surface area contributed by atoms with E-state index in [2.05, 4.69) is 68.1 Å². The van der Waals surface area contributed by atoms with E-state index in [1.165, 1.54) is 16.7 Å². The molecular weight excluding hydrogens is 543 g/mol. The molecule has 0 spiro atoms. The van der Waals surface area contributed by atoms with Gasteiger partial charge in [0, 0.05) is 47.3 Å². The van der Waals surface area contributed by atoms with Crippen LogP contribution >= 0.6 is 23.2 Å². The lowest BCUT2D eigenvalue weighted by atomic mass is 9.95. The van der Waals surface area contributed by atoms with Gasteiger partial charge in [-0.2, -0.15) is 10.8 Å². The van der Waals surface area contributed by atoms with Crippen molar-refractivity contribution < 1.29 is 0 Å². The van der Waals surface area contributed by atoms with E-state index in [1.807, 2.05) is 43.5 Å². The largest absolute Gasteiger partial charge is 0.373 e. The van der Waals surface area contributed by atoms with E-state index in [0.717, 1.165) is 47.7 Å². The first-order valence-electron chi connectivity index (χ1n) is 13.1. The van der Waals surface area contributed by atoms with Crippen molar-refractivity contribution in [3.05, 3.63) is 104 Å². The average Bonchev–Trinajstić information content (AvgIpc) is 3.64. The molecular formula is C30H28Cl2N8. The Kier molecular flexibility index (Phi) is 7.13. The minimum Gasteiger partial charge on any atom is -0.373 e. The summed E-state index contributed by atoms with van der Waals surface area (Å²) < 4.78 is 0. The molecule has 5 N–H and O–H groups in total. The first-order chi connectivity index (χ1) is 19.4. The lowest BCUT2D eigenvalue weighted by Crippen LogP contribution is -2.34. The quantitative estimate of drug-likeness (QED) is 0.174. The van der Waals surface area contributed by atoms with Gasteiger partial charge in [0.2, 0.25) is 0 Å². The molecule has 1 aromatic heterocycles. The zero-order chi connectivity index (χ0) is 27.8. The van der Waals surface area contributed by atoms with Gasteiger partial charge in [-0.1, -0.05) is 54.4 Å². The number of hydrogen-bond acceptors (Lipinski definition) is 8. The molecule has 0 saturated carbocycles. The predicted molar refractivity (Wildman–Crippen MR) is 161 cm³/mol. The fourth-order valence-corrected chi connectivity index (χ4v) is 5.74. The molecule has 0 saturated heterocycles. The van der Waals surface area contributed by atoms with Crippen LogP contribution in [0.15, 0.2) is 66.6 Å². The number of nitriles is 1. The first-order valence-corrected chi connectivity index (χ1v) is 13.8. The first kappa shape index (κ1) is 26.2. The van der Waals surface area contributed by atoms with Crippen LogP contribution in [0, 0.1) is 18.3 Å². The molecule has 1 atom stereocenters. The Bertz CT molecular complexity index is 1690. The Balaban J connectivity index is 1.44. The van der Waals surface area contributed by atoms with Gasteiger partial charge in [0.15, 0.2) is 0 Å². The second-order valence-corrected chi connectivity index (χ2v) is 10.8. The maximum absolute atomic E-state index is 9.92. The molecule has 3 heterocycles. The van der Waals surface area contributed by atoms with Crippen molar-refractivity contribution in [1.29, 1.82) is 5.26 Å². The van der Waals surface area contributed by atoms with E-state index in [9.17, 15) is 5.26 Å². The van der Waals surface area contributed by atoms with E-state index in [1.54, 1.807) is 6.20 Å². The summed E-state index contributed by atoms with van der Waals surface area (Å²) in [4.78, 5) is 6.93. The Labute approximate surface area is 242 Å². The number of rotatable bonds is 7. The number of pyridine rings is 1. The van der Waals surface area contributed by atoms with E-state index in [4.69, 9.17) is 23.2 Å². The second kappa shape index (κ2) is 10.9. The molecule has 202 valence electrons. The van der Waals surface area contributed by atoms with Crippen LogP contribution in [0.2, 0.25) is 10.0 Å². The van der Waals surface area contributed by atoms with Crippen molar-refractivity contribution in [2.45, 2.75) is 33.0 Å². The Hall–Kier alpha value is -4.00. The summed E-state index contributed by atoms with van der Waals surface area (Å²) in [6.07, 6.45) is 3.45. The Morgan fingerprint density at radius 1 is 1.10 bits per heavy atom. The molecule has 40 heavy (non-hydrogen) atoms. The van der Waals surface area contributed by atoms with Gasteiger partial charge < -0.3 is 21.5 Å². The molecule has 0 unspecified atom stereocenters. The Morgan fingerprint density at radius 2 is 1.95 bits per heavy atom. The molecule has 0 aliphatic carbocycles. The third-order valence-electron chi connectivity index (χ3n) is 7.46. The normalized spacial score (nSPS) is 15.1. The van der Waals surface area contributed by atoms with E-state index >= 15 is 0 Å². The van der Waals surface area contributed by atoms with Gasteiger partial charge >= 0.3 is 0 Å². The minimum absolute atomic E-state index is 0.192. The van der Waals surface area contributed by atoms with Crippen molar-refractivity contribution in [1.82, 2.24) is 26.3 Å². The van der Waals surface area contributed by atoms with Gasteiger partial charge in [-0.3, -0.25) is 9.88 Å². The fraction of sp³-hybridized carbons (Fsp3) is 0.200. The highest BCUT2D eigenvalue weighted by Gasteiger charge is 2.28. The van der Waals surface area contributed by atoms with Crippen LogP contribution in [0.5, 0.6) is 0 Å². The minimum atomic E-state index is -0.192. The molecule has 0 bridgehead atoms. The van der Waals surface area contributed by atoms with Crippen LogP contribution in [0.25, 0.3) is 10.9 Å². The standard InChI is InChI=1S/C30H28Cl2N8/c1-3-40-15-18-5-4-6-22(24(18)16-40)30(27-14-35-39-38-27)37-21-9-23-28(36-20-8-7-17(2)25(31)10-20)19(12-33)13-34-29(23)26(32)11-21/h4-11,13-14,30,35,37-39H,3,15-16H2,1-2H3,(H,34,36)/t30-/m0/s1. The number of fused-ring (bicyclic) bond motifs is 2. The van der Waals surface area contributed by atoms with Gasteiger partial charge in [0.1, 0.15) is 6.07 Å². The number of aromatic nitrogens is 1. The number of hydrazine groups is 2. The lowest BCUT2D eigenvalue weighted by molar-refractivity contribution is 0.300. The highest BCUT2D eigenvalue weighted by Crippen LogP contribution is 2.38. The third-order valence-corrected chi connectivity index (χ3v) is 8.15. The summed E-state index contributed by atoms with van der Waals surface area (Å²) in [5.41, 5.74) is 18.2. The van der Waals surface area contributed by atoms with Crippen LogP contribution in [-0.2, 0) is 13.1 Å². The molecule has 8 nitrogen and oxygen atoms in total. The van der Waals surface area contributed by atoms with Crippen LogP contribution in [-0.4, -0.2) is 16.4 Å². The molecule has 0 fully saturated rings. The number of nitrogens with zero attached hydrogens (tertiary/aromatic N) is 3. The SMILES string of the molecule is CCN1Cc2cccc([C@H](Nc3cc(Cl)c4ncc(C#N)c(Nc5ccc(C)c(Cl)c5)c4c3)C3=CNNN3)c2C1. The van der Waals surface area contributed by atoms with E-state index in [0.29, 0.717) is 26.8 Å². The van der Waals surface area contributed by atoms with Crippen LogP contribution < -0.4 is 27.0 Å².